The van der Waals surface area contributed by atoms with Crippen LogP contribution in [-0.4, -0.2) is 29.6 Å². The summed E-state index contributed by atoms with van der Waals surface area (Å²) in [6.07, 6.45) is 6.59. The van der Waals surface area contributed by atoms with Crippen LogP contribution in [0.15, 0.2) is 11.1 Å². The molecule has 0 saturated heterocycles. The molecule has 1 amide bonds. The summed E-state index contributed by atoms with van der Waals surface area (Å²) >= 11 is 1.46. The van der Waals surface area contributed by atoms with Crippen LogP contribution < -0.4 is 5.32 Å². The molecule has 4 rings (SSSR count). The van der Waals surface area contributed by atoms with Crippen molar-refractivity contribution in [1.29, 1.82) is 0 Å². The molecule has 2 fully saturated rings. The number of carbonyl (C=O) groups is 3. The number of ether oxygens (including phenoxy) is 1. The highest BCUT2D eigenvalue weighted by Gasteiger charge is 2.57. The number of rotatable bonds is 5. The lowest BCUT2D eigenvalue weighted by Gasteiger charge is -2.26. The van der Waals surface area contributed by atoms with E-state index in [0.717, 1.165) is 66.5 Å². The van der Waals surface area contributed by atoms with Gasteiger partial charge in [-0.1, -0.05) is 17.6 Å². The zero-order valence-electron chi connectivity index (χ0n) is 18.5. The number of fused-ring (bicyclic) bond motifs is 3. The zero-order valence-corrected chi connectivity index (χ0v) is 19.3. The van der Waals surface area contributed by atoms with Gasteiger partial charge in [-0.15, -0.1) is 11.3 Å². The van der Waals surface area contributed by atoms with Crippen LogP contribution in [0.5, 0.6) is 0 Å². The third kappa shape index (κ3) is 3.81. The maximum atomic E-state index is 13.5. The monoisotopic (exact) mass is 445 g/mol. The van der Waals surface area contributed by atoms with Crippen LogP contribution in [0.25, 0.3) is 0 Å². The summed E-state index contributed by atoms with van der Waals surface area (Å²) in [4.78, 5) is 39.5. The van der Waals surface area contributed by atoms with Crippen LogP contribution >= 0.6 is 11.3 Å². The van der Waals surface area contributed by atoms with Crippen LogP contribution in [0.1, 0.15) is 73.7 Å². The van der Waals surface area contributed by atoms with E-state index in [0.29, 0.717) is 10.6 Å². The van der Waals surface area contributed by atoms with Gasteiger partial charge in [-0.25, -0.2) is 4.79 Å². The zero-order chi connectivity index (χ0) is 22.3. The van der Waals surface area contributed by atoms with E-state index >= 15 is 0 Å². The maximum Gasteiger partial charge on any atom is 0.341 e. The number of aryl methyl sites for hydroxylation is 1. The van der Waals surface area contributed by atoms with E-state index < -0.39 is 23.8 Å². The number of aliphatic carboxylic acids is 1. The first-order chi connectivity index (χ1) is 14.8. The van der Waals surface area contributed by atoms with Crippen LogP contribution in [-0.2, 0) is 27.2 Å². The molecule has 3 aliphatic carbocycles. The smallest absolute Gasteiger partial charge is 0.341 e. The SMILES string of the molecule is CCOC(=O)c1c(NC(=O)[C@H]2[C@H](C(=O)O)[C@H]3CC[C@H]2C3=C(C)C)sc2c1CCCCC2. The number of hydrogen-bond acceptors (Lipinski definition) is 5. The van der Waals surface area contributed by atoms with Crippen LogP contribution in [0, 0.1) is 23.7 Å². The van der Waals surface area contributed by atoms with Crippen molar-refractivity contribution in [2.45, 2.75) is 65.7 Å². The van der Waals surface area contributed by atoms with Gasteiger partial charge in [0.2, 0.25) is 5.91 Å². The highest BCUT2D eigenvalue weighted by Crippen LogP contribution is 2.57. The van der Waals surface area contributed by atoms with Crippen LogP contribution in [0.3, 0.4) is 0 Å². The summed E-state index contributed by atoms with van der Waals surface area (Å²) in [5.74, 6) is -2.97. The minimum absolute atomic E-state index is 0.0278. The first kappa shape index (κ1) is 22.1. The molecule has 1 aromatic rings. The minimum Gasteiger partial charge on any atom is -0.481 e. The fraction of sp³-hybridized carbons (Fsp3) is 0.625. The number of amides is 1. The Hall–Kier alpha value is -2.15. The molecule has 31 heavy (non-hydrogen) atoms. The van der Waals surface area contributed by atoms with Crippen molar-refractivity contribution >= 4 is 34.2 Å². The number of carboxylic acids is 1. The summed E-state index contributed by atoms with van der Waals surface area (Å²) in [7, 11) is 0. The van der Waals surface area contributed by atoms with Crippen LogP contribution in [0.4, 0.5) is 5.00 Å². The number of carbonyl (C=O) groups excluding carboxylic acids is 2. The van der Waals surface area contributed by atoms with Crippen molar-refractivity contribution in [1.82, 2.24) is 0 Å². The van der Waals surface area contributed by atoms with E-state index in [9.17, 15) is 19.5 Å². The van der Waals surface area contributed by atoms with Gasteiger partial charge in [-0.3, -0.25) is 9.59 Å². The lowest BCUT2D eigenvalue weighted by atomic mass is 9.78. The molecule has 0 radical (unpaired) electrons. The molecule has 7 heteroatoms. The van der Waals surface area contributed by atoms with Gasteiger partial charge in [-0.05, 0) is 76.7 Å². The molecule has 2 bridgehead atoms. The van der Waals surface area contributed by atoms with Gasteiger partial charge < -0.3 is 15.2 Å². The first-order valence-corrected chi connectivity index (χ1v) is 12.2. The third-order valence-electron chi connectivity index (χ3n) is 7.14. The number of thiophene rings is 1. The fourth-order valence-corrected chi connectivity index (χ4v) is 7.33. The number of allylic oxidation sites excluding steroid dienone is 2. The van der Waals surface area contributed by atoms with E-state index in [4.69, 9.17) is 4.74 Å². The van der Waals surface area contributed by atoms with E-state index in [1.54, 1.807) is 6.92 Å². The Balaban J connectivity index is 1.68. The summed E-state index contributed by atoms with van der Waals surface area (Å²) < 4.78 is 5.31. The molecule has 0 spiro atoms. The average Bonchev–Trinajstić information content (AvgIpc) is 3.32. The first-order valence-electron chi connectivity index (χ1n) is 11.4. The molecule has 4 atom stereocenters. The number of esters is 1. The Labute approximate surface area is 187 Å². The van der Waals surface area contributed by atoms with Crippen molar-refractivity contribution in [3.05, 3.63) is 27.2 Å². The lowest BCUT2D eigenvalue weighted by Crippen LogP contribution is -2.38. The normalized spacial score (nSPS) is 26.9. The van der Waals surface area contributed by atoms with Crippen molar-refractivity contribution < 1.29 is 24.2 Å². The van der Waals surface area contributed by atoms with E-state index in [1.807, 2.05) is 13.8 Å². The van der Waals surface area contributed by atoms with Gasteiger partial charge in [0, 0.05) is 4.88 Å². The molecule has 0 unspecified atom stereocenters. The molecule has 2 saturated carbocycles. The molecule has 0 aromatic carbocycles. The van der Waals surface area contributed by atoms with E-state index in [-0.39, 0.29) is 24.3 Å². The maximum absolute atomic E-state index is 13.5. The molecule has 168 valence electrons. The lowest BCUT2D eigenvalue weighted by molar-refractivity contribution is -0.148. The van der Waals surface area contributed by atoms with Gasteiger partial charge >= 0.3 is 11.9 Å². The predicted octanol–water partition coefficient (Wildman–Crippen LogP) is 4.83. The topological polar surface area (TPSA) is 92.7 Å². The highest BCUT2D eigenvalue weighted by molar-refractivity contribution is 7.17. The Morgan fingerprint density at radius 3 is 2.39 bits per heavy atom. The fourth-order valence-electron chi connectivity index (χ4n) is 6.05. The molecular weight excluding hydrogens is 414 g/mol. The van der Waals surface area contributed by atoms with Crippen molar-refractivity contribution in [3.8, 4) is 0 Å². The summed E-state index contributed by atoms with van der Waals surface area (Å²) in [6, 6.07) is 0. The van der Waals surface area contributed by atoms with E-state index in [2.05, 4.69) is 5.32 Å². The summed E-state index contributed by atoms with van der Waals surface area (Å²) in [6.45, 7) is 6.06. The second kappa shape index (κ2) is 8.77. The van der Waals surface area contributed by atoms with Crippen molar-refractivity contribution in [2.24, 2.45) is 23.7 Å². The number of hydrogen-bond donors (Lipinski definition) is 2. The molecule has 1 aromatic heterocycles. The van der Waals surface area contributed by atoms with Crippen molar-refractivity contribution in [2.75, 3.05) is 11.9 Å². The summed E-state index contributed by atoms with van der Waals surface area (Å²) in [5, 5.41) is 13.4. The largest absolute Gasteiger partial charge is 0.481 e. The second-order valence-electron chi connectivity index (χ2n) is 9.11. The quantitative estimate of drug-likeness (QED) is 0.385. The average molecular weight is 446 g/mol. The standard InChI is InChI=1S/C24H31NO5S/c1-4-30-24(29)20-13-8-6-5-7-9-16(13)31-22(20)25-21(26)18-14-10-11-15(17(14)12(2)3)19(18)23(27)28/h14-15,18-19H,4-11H2,1-3H3,(H,25,26)(H,27,28)/t14-,15-,18+,19+/m0/s1. The molecule has 2 N–H and O–H groups in total. The molecule has 0 aliphatic heterocycles. The van der Waals surface area contributed by atoms with E-state index in [1.165, 1.54) is 11.3 Å². The summed E-state index contributed by atoms with van der Waals surface area (Å²) in [5.41, 5.74) is 3.77. The van der Waals surface area contributed by atoms with Gasteiger partial charge in [0.25, 0.3) is 0 Å². The van der Waals surface area contributed by atoms with Gasteiger partial charge in [-0.2, -0.15) is 0 Å². The van der Waals surface area contributed by atoms with Gasteiger partial charge in [0.1, 0.15) is 5.00 Å². The number of carboxylic acid groups (broad SMARTS) is 1. The van der Waals surface area contributed by atoms with Gasteiger partial charge in [0.05, 0.1) is 24.0 Å². The molecule has 1 heterocycles. The Morgan fingerprint density at radius 2 is 1.74 bits per heavy atom. The molecule has 3 aliphatic rings. The Bertz CT molecular complexity index is 942. The minimum atomic E-state index is -0.904. The molecule has 6 nitrogen and oxygen atoms in total. The second-order valence-corrected chi connectivity index (χ2v) is 10.2. The number of nitrogens with one attached hydrogen (secondary N) is 1. The third-order valence-corrected chi connectivity index (χ3v) is 8.35. The van der Waals surface area contributed by atoms with Crippen LogP contribution in [0.2, 0.25) is 0 Å². The van der Waals surface area contributed by atoms with Crippen molar-refractivity contribution in [3.63, 3.8) is 0 Å². The Kier molecular flexibility index (Phi) is 6.24. The Morgan fingerprint density at radius 1 is 1.06 bits per heavy atom. The number of anilines is 1. The van der Waals surface area contributed by atoms with Gasteiger partial charge in [0.15, 0.2) is 0 Å². The predicted molar refractivity (Wildman–Crippen MR) is 119 cm³/mol. The highest BCUT2D eigenvalue weighted by atomic mass is 32.1. The molecular formula is C24H31NO5S.